The van der Waals surface area contributed by atoms with Gasteiger partial charge < -0.3 is 10.2 Å². The summed E-state index contributed by atoms with van der Waals surface area (Å²) >= 11 is 8.53. The normalized spacial score (nSPS) is 21.7. The molecule has 22 heavy (non-hydrogen) atoms. The van der Waals surface area contributed by atoms with Crippen molar-refractivity contribution in [1.29, 1.82) is 0 Å². The summed E-state index contributed by atoms with van der Waals surface area (Å²) in [7, 11) is 0. The Balaban J connectivity index is 1.78. The Hall–Kier alpha value is -1.03. The molecule has 0 amide bonds. The second-order valence-electron chi connectivity index (χ2n) is 6.15. The highest BCUT2D eigenvalue weighted by Gasteiger charge is 2.30. The number of fused-ring (bicyclic) bond motifs is 1. The van der Waals surface area contributed by atoms with Crippen LogP contribution in [0.25, 0.3) is 0 Å². The van der Waals surface area contributed by atoms with E-state index in [0.29, 0.717) is 6.04 Å². The van der Waals surface area contributed by atoms with Gasteiger partial charge in [-0.3, -0.25) is 0 Å². The van der Waals surface area contributed by atoms with Crippen LogP contribution in [0.1, 0.15) is 34.9 Å². The average molecular weight is 333 g/mol. The molecule has 1 unspecified atom stereocenters. The van der Waals surface area contributed by atoms with Crippen molar-refractivity contribution in [2.24, 2.45) is 0 Å². The van der Waals surface area contributed by atoms with E-state index >= 15 is 0 Å². The summed E-state index contributed by atoms with van der Waals surface area (Å²) in [4.78, 5) is 4.04. The van der Waals surface area contributed by atoms with Crippen molar-refractivity contribution in [3.05, 3.63) is 50.7 Å². The number of hydrogen-bond acceptors (Lipinski definition) is 3. The Bertz CT molecular complexity index is 653. The SMILES string of the molecule is Clc1ccc2c(c1N1CCCC1c1cccs1)CCNCC2. The molecule has 0 aliphatic carbocycles. The van der Waals surface area contributed by atoms with Gasteiger partial charge >= 0.3 is 0 Å². The molecule has 2 aliphatic rings. The number of hydrogen-bond donors (Lipinski definition) is 1. The maximum Gasteiger partial charge on any atom is 0.0642 e. The Morgan fingerprint density at radius 3 is 2.95 bits per heavy atom. The van der Waals surface area contributed by atoms with Gasteiger partial charge in [-0.05, 0) is 67.4 Å². The lowest BCUT2D eigenvalue weighted by molar-refractivity contribution is 0.707. The first-order valence-corrected chi connectivity index (χ1v) is 9.41. The molecule has 4 heteroatoms. The van der Waals surface area contributed by atoms with Crippen molar-refractivity contribution < 1.29 is 0 Å². The van der Waals surface area contributed by atoms with Gasteiger partial charge in [0.25, 0.3) is 0 Å². The molecule has 0 radical (unpaired) electrons. The van der Waals surface area contributed by atoms with E-state index in [1.165, 1.54) is 34.5 Å². The van der Waals surface area contributed by atoms with E-state index in [1.54, 1.807) is 0 Å². The number of anilines is 1. The van der Waals surface area contributed by atoms with Crippen LogP contribution in [0.15, 0.2) is 29.6 Å². The van der Waals surface area contributed by atoms with Crippen molar-refractivity contribution in [3.8, 4) is 0 Å². The zero-order valence-electron chi connectivity index (χ0n) is 12.6. The largest absolute Gasteiger partial charge is 0.362 e. The molecule has 3 heterocycles. The second kappa shape index (κ2) is 6.23. The highest BCUT2D eigenvalue weighted by Crippen LogP contribution is 2.43. The van der Waals surface area contributed by atoms with Gasteiger partial charge in [-0.15, -0.1) is 11.3 Å². The molecule has 0 spiro atoms. The smallest absolute Gasteiger partial charge is 0.0642 e. The summed E-state index contributed by atoms with van der Waals surface area (Å²) < 4.78 is 0. The number of halogens is 1. The number of nitrogens with zero attached hydrogens (tertiary/aromatic N) is 1. The molecule has 1 N–H and O–H groups in total. The predicted octanol–water partition coefficient (Wildman–Crippen LogP) is 4.43. The molecule has 4 rings (SSSR count). The molecule has 1 atom stereocenters. The van der Waals surface area contributed by atoms with E-state index in [1.807, 2.05) is 11.3 Å². The van der Waals surface area contributed by atoms with E-state index in [2.05, 4.69) is 39.9 Å². The highest BCUT2D eigenvalue weighted by atomic mass is 35.5. The van der Waals surface area contributed by atoms with Gasteiger partial charge in [0.05, 0.1) is 16.8 Å². The van der Waals surface area contributed by atoms with E-state index in [-0.39, 0.29) is 0 Å². The van der Waals surface area contributed by atoms with E-state index in [0.717, 1.165) is 37.5 Å². The minimum absolute atomic E-state index is 0.500. The van der Waals surface area contributed by atoms with Gasteiger partial charge in [0.15, 0.2) is 0 Å². The monoisotopic (exact) mass is 332 g/mol. The second-order valence-corrected chi connectivity index (χ2v) is 7.54. The van der Waals surface area contributed by atoms with Crippen molar-refractivity contribution in [3.63, 3.8) is 0 Å². The summed E-state index contributed by atoms with van der Waals surface area (Å²) in [6.07, 6.45) is 4.68. The Labute approximate surface area is 141 Å². The van der Waals surface area contributed by atoms with Gasteiger partial charge in [-0.1, -0.05) is 23.7 Å². The lowest BCUT2D eigenvalue weighted by Crippen LogP contribution is -2.24. The molecular weight excluding hydrogens is 312 g/mol. The van der Waals surface area contributed by atoms with Gasteiger partial charge in [0.2, 0.25) is 0 Å². The highest BCUT2D eigenvalue weighted by molar-refractivity contribution is 7.10. The lowest BCUT2D eigenvalue weighted by Gasteiger charge is -2.30. The molecular formula is C18H21ClN2S. The number of thiophene rings is 1. The molecule has 2 aromatic rings. The fourth-order valence-corrected chi connectivity index (χ4v) is 5.00. The zero-order valence-corrected chi connectivity index (χ0v) is 14.2. The van der Waals surface area contributed by atoms with Crippen LogP contribution in [0, 0.1) is 0 Å². The Morgan fingerprint density at radius 2 is 2.09 bits per heavy atom. The van der Waals surface area contributed by atoms with Crippen LogP contribution < -0.4 is 10.2 Å². The minimum atomic E-state index is 0.500. The van der Waals surface area contributed by atoms with Crippen molar-refractivity contribution in [2.45, 2.75) is 31.7 Å². The van der Waals surface area contributed by atoms with Crippen LogP contribution >= 0.6 is 22.9 Å². The molecule has 116 valence electrons. The fourth-order valence-electron chi connectivity index (χ4n) is 3.85. The average Bonchev–Trinajstić information content (AvgIpc) is 3.14. The van der Waals surface area contributed by atoms with Crippen LogP contribution in [0.3, 0.4) is 0 Å². The van der Waals surface area contributed by atoms with E-state index in [9.17, 15) is 0 Å². The van der Waals surface area contributed by atoms with Crippen LogP contribution in [0.5, 0.6) is 0 Å². The zero-order chi connectivity index (χ0) is 14.9. The first-order valence-electron chi connectivity index (χ1n) is 8.15. The topological polar surface area (TPSA) is 15.3 Å². The van der Waals surface area contributed by atoms with Crippen LogP contribution in [-0.4, -0.2) is 19.6 Å². The lowest BCUT2D eigenvalue weighted by atomic mass is 9.99. The van der Waals surface area contributed by atoms with Gasteiger partial charge in [-0.2, -0.15) is 0 Å². The molecule has 1 fully saturated rings. The molecule has 0 saturated carbocycles. The van der Waals surface area contributed by atoms with Crippen LogP contribution in [0.4, 0.5) is 5.69 Å². The summed E-state index contributed by atoms with van der Waals surface area (Å²) in [6.45, 7) is 3.24. The third-order valence-electron chi connectivity index (χ3n) is 4.87. The molecule has 1 saturated heterocycles. The minimum Gasteiger partial charge on any atom is -0.362 e. The summed E-state index contributed by atoms with van der Waals surface area (Å²) in [5.41, 5.74) is 4.25. The van der Waals surface area contributed by atoms with Crippen LogP contribution in [0.2, 0.25) is 5.02 Å². The van der Waals surface area contributed by atoms with Gasteiger partial charge in [0.1, 0.15) is 0 Å². The third-order valence-corrected chi connectivity index (χ3v) is 6.14. The number of rotatable bonds is 2. The fraction of sp³-hybridized carbons (Fsp3) is 0.444. The molecule has 1 aromatic carbocycles. The third kappa shape index (κ3) is 2.55. The maximum atomic E-state index is 6.66. The summed E-state index contributed by atoms with van der Waals surface area (Å²) in [5.74, 6) is 0. The standard InChI is InChI=1S/C18H21ClN2S/c19-15-6-5-13-7-9-20-10-8-14(13)18(15)21-11-1-3-16(21)17-4-2-12-22-17/h2,4-6,12,16,20H,1,3,7-11H2. The molecule has 2 aliphatic heterocycles. The Kier molecular flexibility index (Phi) is 4.12. The first-order chi connectivity index (χ1) is 10.8. The number of nitrogens with one attached hydrogen (secondary N) is 1. The predicted molar refractivity (Wildman–Crippen MR) is 95.4 cm³/mol. The van der Waals surface area contributed by atoms with Crippen molar-refractivity contribution in [2.75, 3.05) is 24.5 Å². The molecule has 1 aromatic heterocycles. The summed E-state index contributed by atoms with van der Waals surface area (Å²) in [6, 6.07) is 9.26. The van der Waals surface area contributed by atoms with E-state index < -0.39 is 0 Å². The van der Waals surface area contributed by atoms with Crippen LogP contribution in [-0.2, 0) is 12.8 Å². The quantitative estimate of drug-likeness (QED) is 0.875. The number of benzene rings is 1. The van der Waals surface area contributed by atoms with Gasteiger partial charge in [-0.25, -0.2) is 0 Å². The first kappa shape index (κ1) is 14.6. The Morgan fingerprint density at radius 1 is 1.18 bits per heavy atom. The molecule has 0 bridgehead atoms. The van der Waals surface area contributed by atoms with Crippen molar-refractivity contribution in [1.82, 2.24) is 5.32 Å². The molecule has 2 nitrogen and oxygen atoms in total. The maximum absolute atomic E-state index is 6.66. The van der Waals surface area contributed by atoms with E-state index in [4.69, 9.17) is 11.6 Å². The van der Waals surface area contributed by atoms with Gasteiger partial charge in [0, 0.05) is 11.4 Å². The summed E-state index contributed by atoms with van der Waals surface area (Å²) in [5, 5.41) is 6.61. The van der Waals surface area contributed by atoms with Crippen molar-refractivity contribution >= 4 is 28.6 Å².